The van der Waals surface area contributed by atoms with Crippen LogP contribution in [0, 0.1) is 5.92 Å². The fourth-order valence-corrected chi connectivity index (χ4v) is 1.89. The maximum atomic E-state index is 11.6. The van der Waals surface area contributed by atoms with E-state index in [0.29, 0.717) is 12.3 Å². The number of amides is 2. The SMILES string of the molecule is CC(CNC(=O)NCC(O)c1ccco1)Cn1cccn1. The average Bonchev–Trinajstić information content (AvgIpc) is 3.15. The van der Waals surface area contributed by atoms with Gasteiger partial charge in [-0.05, 0) is 24.1 Å². The van der Waals surface area contributed by atoms with Gasteiger partial charge in [0.05, 0.1) is 12.8 Å². The first-order chi connectivity index (χ1) is 10.1. The average molecular weight is 292 g/mol. The standard InChI is InChI=1S/C14H20N4O3/c1-11(10-18-6-3-5-17-18)8-15-14(20)16-9-12(19)13-4-2-7-21-13/h2-7,11-12,19H,8-10H2,1H3,(H2,15,16,20). The fraction of sp³-hybridized carbons (Fsp3) is 0.429. The van der Waals surface area contributed by atoms with Crippen LogP contribution in [0.2, 0.25) is 0 Å². The van der Waals surface area contributed by atoms with E-state index in [1.807, 2.05) is 23.9 Å². The molecule has 114 valence electrons. The Morgan fingerprint density at radius 3 is 2.90 bits per heavy atom. The molecular formula is C14H20N4O3. The first-order valence-corrected chi connectivity index (χ1v) is 6.85. The number of aromatic nitrogens is 2. The highest BCUT2D eigenvalue weighted by atomic mass is 16.4. The van der Waals surface area contributed by atoms with E-state index in [0.717, 1.165) is 6.54 Å². The number of furan rings is 1. The van der Waals surface area contributed by atoms with Crippen molar-refractivity contribution in [3.05, 3.63) is 42.6 Å². The number of urea groups is 1. The minimum Gasteiger partial charge on any atom is -0.467 e. The molecule has 0 fully saturated rings. The molecule has 3 N–H and O–H groups in total. The van der Waals surface area contributed by atoms with Gasteiger partial charge in [0.15, 0.2) is 0 Å². The molecule has 2 rings (SSSR count). The fourth-order valence-electron chi connectivity index (χ4n) is 1.89. The summed E-state index contributed by atoms with van der Waals surface area (Å²) in [5, 5.41) is 19.2. The number of hydrogen-bond donors (Lipinski definition) is 3. The molecule has 7 nitrogen and oxygen atoms in total. The van der Waals surface area contributed by atoms with E-state index in [2.05, 4.69) is 15.7 Å². The summed E-state index contributed by atoms with van der Waals surface area (Å²) >= 11 is 0. The van der Waals surface area contributed by atoms with Crippen molar-refractivity contribution in [1.82, 2.24) is 20.4 Å². The van der Waals surface area contributed by atoms with Crippen LogP contribution in [0.1, 0.15) is 18.8 Å². The highest BCUT2D eigenvalue weighted by molar-refractivity contribution is 5.73. The summed E-state index contributed by atoms with van der Waals surface area (Å²) in [6.45, 7) is 3.40. The summed E-state index contributed by atoms with van der Waals surface area (Å²) in [5.74, 6) is 0.688. The predicted octanol–water partition coefficient (Wildman–Crippen LogP) is 1.14. The highest BCUT2D eigenvalue weighted by Gasteiger charge is 2.12. The lowest BCUT2D eigenvalue weighted by molar-refractivity contribution is 0.148. The van der Waals surface area contributed by atoms with E-state index in [1.54, 1.807) is 18.3 Å². The Kier molecular flexibility index (Phi) is 5.39. The second-order valence-electron chi connectivity index (χ2n) is 4.96. The summed E-state index contributed by atoms with van der Waals surface area (Å²) in [6, 6.07) is 4.91. The smallest absolute Gasteiger partial charge is 0.314 e. The zero-order chi connectivity index (χ0) is 15.1. The van der Waals surface area contributed by atoms with Gasteiger partial charge in [0.1, 0.15) is 11.9 Å². The Balaban J connectivity index is 1.63. The largest absolute Gasteiger partial charge is 0.467 e. The number of rotatable bonds is 7. The number of nitrogens with zero attached hydrogens (tertiary/aromatic N) is 2. The zero-order valence-corrected chi connectivity index (χ0v) is 11.9. The van der Waals surface area contributed by atoms with Crippen LogP contribution in [-0.4, -0.2) is 34.0 Å². The van der Waals surface area contributed by atoms with Gasteiger partial charge in [-0.3, -0.25) is 4.68 Å². The number of aliphatic hydroxyl groups excluding tert-OH is 1. The lowest BCUT2D eigenvalue weighted by atomic mass is 10.2. The van der Waals surface area contributed by atoms with E-state index < -0.39 is 6.10 Å². The molecule has 7 heteroatoms. The van der Waals surface area contributed by atoms with E-state index in [1.165, 1.54) is 6.26 Å². The van der Waals surface area contributed by atoms with E-state index in [9.17, 15) is 9.90 Å². The molecule has 0 saturated carbocycles. The third-order valence-corrected chi connectivity index (χ3v) is 3.00. The number of carbonyl (C=O) groups excluding carboxylic acids is 1. The highest BCUT2D eigenvalue weighted by Crippen LogP contribution is 2.11. The topological polar surface area (TPSA) is 92.3 Å². The number of nitrogens with one attached hydrogen (secondary N) is 2. The molecular weight excluding hydrogens is 272 g/mol. The van der Waals surface area contributed by atoms with E-state index >= 15 is 0 Å². The Morgan fingerprint density at radius 2 is 2.24 bits per heavy atom. The molecule has 0 aliphatic rings. The summed E-state index contributed by atoms with van der Waals surface area (Å²) in [5.41, 5.74) is 0. The molecule has 0 bridgehead atoms. The minimum atomic E-state index is -0.841. The van der Waals surface area contributed by atoms with Gasteiger partial charge in [-0.1, -0.05) is 6.92 Å². The van der Waals surface area contributed by atoms with Crippen molar-refractivity contribution in [3.63, 3.8) is 0 Å². The number of carbonyl (C=O) groups is 1. The van der Waals surface area contributed by atoms with Gasteiger partial charge in [0.2, 0.25) is 0 Å². The molecule has 0 aromatic carbocycles. The predicted molar refractivity (Wildman–Crippen MR) is 76.5 cm³/mol. The Bertz CT molecular complexity index is 524. The van der Waals surface area contributed by atoms with Crippen molar-refractivity contribution in [2.24, 2.45) is 5.92 Å². The molecule has 0 radical (unpaired) electrons. The molecule has 2 aromatic heterocycles. The van der Waals surface area contributed by atoms with Gasteiger partial charge in [-0.15, -0.1) is 0 Å². The first kappa shape index (κ1) is 15.1. The van der Waals surface area contributed by atoms with Crippen LogP contribution in [0.15, 0.2) is 41.3 Å². The third-order valence-electron chi connectivity index (χ3n) is 3.00. The van der Waals surface area contributed by atoms with Gasteiger partial charge in [0.25, 0.3) is 0 Å². The molecule has 0 aliphatic heterocycles. The van der Waals surface area contributed by atoms with Crippen molar-refractivity contribution in [2.75, 3.05) is 13.1 Å². The van der Waals surface area contributed by atoms with Gasteiger partial charge in [-0.25, -0.2) is 4.79 Å². The second kappa shape index (κ2) is 7.49. The number of aliphatic hydroxyl groups is 1. The molecule has 2 atom stereocenters. The van der Waals surface area contributed by atoms with Gasteiger partial charge >= 0.3 is 6.03 Å². The second-order valence-corrected chi connectivity index (χ2v) is 4.96. The molecule has 2 heterocycles. The van der Waals surface area contributed by atoms with E-state index in [-0.39, 0.29) is 18.5 Å². The lowest BCUT2D eigenvalue weighted by Crippen LogP contribution is -2.40. The van der Waals surface area contributed by atoms with Crippen molar-refractivity contribution >= 4 is 6.03 Å². The molecule has 21 heavy (non-hydrogen) atoms. The zero-order valence-electron chi connectivity index (χ0n) is 11.9. The van der Waals surface area contributed by atoms with Crippen LogP contribution < -0.4 is 10.6 Å². The first-order valence-electron chi connectivity index (χ1n) is 6.85. The molecule has 2 aromatic rings. The Labute approximate surface area is 123 Å². The van der Waals surface area contributed by atoms with Gasteiger partial charge < -0.3 is 20.2 Å². The third kappa shape index (κ3) is 4.96. The molecule has 0 aliphatic carbocycles. The molecule has 0 saturated heterocycles. The molecule has 2 unspecified atom stereocenters. The van der Waals surface area contributed by atoms with Gasteiger partial charge in [0, 0.05) is 25.5 Å². The van der Waals surface area contributed by atoms with E-state index in [4.69, 9.17) is 4.42 Å². The summed E-state index contributed by atoms with van der Waals surface area (Å²) in [4.78, 5) is 11.6. The minimum absolute atomic E-state index is 0.104. The Hall–Kier alpha value is -2.28. The lowest BCUT2D eigenvalue weighted by Gasteiger charge is -2.14. The summed E-state index contributed by atoms with van der Waals surface area (Å²) in [6.07, 6.45) is 4.25. The molecule has 2 amide bonds. The molecule has 0 spiro atoms. The maximum absolute atomic E-state index is 11.6. The normalized spacial score (nSPS) is 13.6. The quantitative estimate of drug-likeness (QED) is 0.713. The van der Waals surface area contributed by atoms with Crippen LogP contribution in [0.4, 0.5) is 4.79 Å². The van der Waals surface area contributed by atoms with Crippen LogP contribution in [0.25, 0.3) is 0 Å². The van der Waals surface area contributed by atoms with Crippen molar-refractivity contribution < 1.29 is 14.3 Å². The van der Waals surface area contributed by atoms with Crippen LogP contribution in [0.5, 0.6) is 0 Å². The number of hydrogen-bond acceptors (Lipinski definition) is 4. The summed E-state index contributed by atoms with van der Waals surface area (Å²) < 4.78 is 6.88. The van der Waals surface area contributed by atoms with Crippen molar-refractivity contribution in [3.8, 4) is 0 Å². The maximum Gasteiger partial charge on any atom is 0.314 e. The van der Waals surface area contributed by atoms with Crippen LogP contribution in [0.3, 0.4) is 0 Å². The van der Waals surface area contributed by atoms with Crippen LogP contribution in [-0.2, 0) is 6.54 Å². The monoisotopic (exact) mass is 292 g/mol. The van der Waals surface area contributed by atoms with Gasteiger partial charge in [-0.2, -0.15) is 5.10 Å². The Morgan fingerprint density at radius 1 is 1.43 bits per heavy atom. The van der Waals surface area contributed by atoms with Crippen LogP contribution >= 0.6 is 0 Å². The summed E-state index contributed by atoms with van der Waals surface area (Å²) in [7, 11) is 0. The van der Waals surface area contributed by atoms with Crippen molar-refractivity contribution in [2.45, 2.75) is 19.6 Å². The van der Waals surface area contributed by atoms with Crippen molar-refractivity contribution in [1.29, 1.82) is 0 Å².